The highest BCUT2D eigenvalue weighted by Gasteiger charge is 2.47. The molecule has 2 amide bonds. The van der Waals surface area contributed by atoms with Crippen LogP contribution in [0.1, 0.15) is 58.4 Å². The molecule has 56 heavy (non-hydrogen) atoms. The summed E-state index contributed by atoms with van der Waals surface area (Å²) in [7, 11) is 1.30. The van der Waals surface area contributed by atoms with Gasteiger partial charge in [-0.15, -0.1) is 5.10 Å². The van der Waals surface area contributed by atoms with Crippen LogP contribution in [-0.2, 0) is 30.3 Å². The summed E-state index contributed by atoms with van der Waals surface area (Å²) in [5, 5.41) is 22.2. The van der Waals surface area contributed by atoms with Crippen LogP contribution >= 0.6 is 0 Å². The molecule has 2 aromatic carbocycles. The van der Waals surface area contributed by atoms with Crippen LogP contribution in [0.4, 0.5) is 18.0 Å². The Morgan fingerprint density at radius 2 is 1.70 bits per heavy atom. The molecule has 0 spiro atoms. The number of nitrogens with one attached hydrogen (secondary N) is 1. The molecule has 0 radical (unpaired) electrons. The van der Waals surface area contributed by atoms with Crippen LogP contribution in [-0.4, -0.2) is 109 Å². The normalized spacial score (nSPS) is 14.7. The molecule has 1 unspecified atom stereocenters. The lowest BCUT2D eigenvalue weighted by Gasteiger charge is -2.24. The van der Waals surface area contributed by atoms with Crippen molar-refractivity contribution in [2.75, 3.05) is 26.8 Å². The van der Waals surface area contributed by atoms with E-state index in [4.69, 9.17) is 36.1 Å². The van der Waals surface area contributed by atoms with E-state index in [0.29, 0.717) is 35.1 Å². The van der Waals surface area contributed by atoms with Crippen LogP contribution < -0.4 is 15.8 Å². The Morgan fingerprint density at radius 1 is 1.07 bits per heavy atom. The quantitative estimate of drug-likeness (QED) is 0.111. The van der Waals surface area contributed by atoms with Crippen LogP contribution in [0.5, 0.6) is 5.75 Å². The number of carboxylic acid groups (broad SMARTS) is 1. The fourth-order valence-corrected chi connectivity index (χ4v) is 4.44. The Balaban J connectivity index is 0.000000328. The van der Waals surface area contributed by atoms with E-state index in [1.54, 1.807) is 34.6 Å². The van der Waals surface area contributed by atoms with Crippen molar-refractivity contribution in [1.82, 2.24) is 35.4 Å². The number of para-hydroxylation sites is 3. The van der Waals surface area contributed by atoms with Crippen molar-refractivity contribution in [2.24, 2.45) is 5.73 Å². The zero-order valence-corrected chi connectivity index (χ0v) is 31.3. The lowest BCUT2D eigenvalue weighted by molar-refractivity contribution is -0.192. The second kappa shape index (κ2) is 18.8. The van der Waals surface area contributed by atoms with Gasteiger partial charge in [-0.05, 0) is 69.3 Å². The van der Waals surface area contributed by atoms with E-state index in [-0.39, 0.29) is 19.6 Å². The van der Waals surface area contributed by atoms with Gasteiger partial charge in [-0.25, -0.2) is 30.6 Å². The molecular formula is C35H42F3N9O9. The second-order valence-electron chi connectivity index (χ2n) is 13.6. The Labute approximate surface area is 318 Å². The number of amides is 2. The fraction of sp³-hybridized carbons (Fsp3) is 0.457. The molecule has 21 heteroatoms. The van der Waals surface area contributed by atoms with Gasteiger partial charge in [0.15, 0.2) is 29.4 Å². The maximum absolute atomic E-state index is 12.8. The number of benzene rings is 2. The average molecular weight is 790 g/mol. The first-order valence-electron chi connectivity index (χ1n) is 16.7. The molecule has 1 fully saturated rings. The number of ether oxygens (including phenoxy) is 3. The molecule has 5 rings (SSSR count). The third-order valence-corrected chi connectivity index (χ3v) is 7.23. The first kappa shape index (κ1) is 44.1. The van der Waals surface area contributed by atoms with Crippen molar-refractivity contribution in [3.8, 4) is 5.75 Å². The highest BCUT2D eigenvalue weighted by atomic mass is 19.4. The maximum Gasteiger partial charge on any atom is 0.490 e. The van der Waals surface area contributed by atoms with Gasteiger partial charge in [-0.2, -0.15) is 13.2 Å². The summed E-state index contributed by atoms with van der Waals surface area (Å²) in [6.45, 7) is 16.6. The molecule has 0 saturated carbocycles. The number of esters is 1. The minimum atomic E-state index is -5.08. The Morgan fingerprint density at radius 3 is 2.25 bits per heavy atom. The van der Waals surface area contributed by atoms with Crippen molar-refractivity contribution in [1.29, 1.82) is 0 Å². The molecule has 0 aliphatic carbocycles. The van der Waals surface area contributed by atoms with Gasteiger partial charge in [0.25, 0.3) is 0 Å². The van der Waals surface area contributed by atoms with Gasteiger partial charge in [0.1, 0.15) is 23.5 Å². The Bertz CT molecular complexity index is 1950. The zero-order valence-electron chi connectivity index (χ0n) is 31.3. The van der Waals surface area contributed by atoms with Gasteiger partial charge >= 0.3 is 24.2 Å². The number of oxazole rings is 1. The Hall–Kier alpha value is -6.30. The fourth-order valence-electron chi connectivity index (χ4n) is 4.44. The summed E-state index contributed by atoms with van der Waals surface area (Å²) in [4.78, 5) is 53.4. The van der Waals surface area contributed by atoms with Gasteiger partial charge in [-0.3, -0.25) is 9.69 Å². The number of tetrazole rings is 1. The van der Waals surface area contributed by atoms with Crippen molar-refractivity contribution >= 4 is 35.0 Å². The number of hydrogen-bond acceptors (Lipinski definition) is 13. The van der Waals surface area contributed by atoms with Crippen molar-refractivity contribution < 1.29 is 56.1 Å². The molecule has 302 valence electrons. The van der Waals surface area contributed by atoms with Crippen molar-refractivity contribution in [3.63, 3.8) is 0 Å². The topological polar surface area (TPSA) is 231 Å². The molecule has 0 bridgehead atoms. The number of methoxy groups -OCH3 is 1. The van der Waals surface area contributed by atoms with Crippen LogP contribution in [0.2, 0.25) is 0 Å². The number of aromatic nitrogens is 5. The zero-order chi connectivity index (χ0) is 41.8. The largest absolute Gasteiger partial charge is 0.491 e. The van der Waals surface area contributed by atoms with E-state index in [1.165, 1.54) is 16.7 Å². The van der Waals surface area contributed by atoms with Gasteiger partial charge in [0.05, 0.1) is 31.7 Å². The number of carbonyl (C=O) groups excluding carboxylic acids is 3. The van der Waals surface area contributed by atoms with E-state index in [1.807, 2.05) is 54.6 Å². The minimum absolute atomic E-state index is 0.0802. The molecule has 3 heterocycles. The average Bonchev–Trinajstić information content (AvgIpc) is 3.59. The van der Waals surface area contributed by atoms with E-state index < -0.39 is 59.4 Å². The van der Waals surface area contributed by atoms with Crippen LogP contribution in [0.3, 0.4) is 0 Å². The van der Waals surface area contributed by atoms with Crippen molar-refractivity contribution in [3.05, 3.63) is 77.7 Å². The van der Waals surface area contributed by atoms with Gasteiger partial charge in [-0.1, -0.05) is 30.3 Å². The monoisotopic (exact) mass is 789 g/mol. The number of fused-ring (bicyclic) bond motifs is 1. The number of nitrogens with zero attached hydrogens (tertiary/aromatic N) is 7. The third kappa shape index (κ3) is 13.5. The number of alkyl halides is 3. The summed E-state index contributed by atoms with van der Waals surface area (Å²) >= 11 is 0. The second-order valence-corrected chi connectivity index (χ2v) is 13.6. The van der Waals surface area contributed by atoms with E-state index in [0.717, 1.165) is 0 Å². The van der Waals surface area contributed by atoms with Crippen LogP contribution in [0, 0.1) is 6.57 Å². The summed E-state index contributed by atoms with van der Waals surface area (Å²) in [6, 6.07) is 15.0. The van der Waals surface area contributed by atoms with Crippen LogP contribution in [0.15, 0.2) is 59.0 Å². The first-order valence-corrected chi connectivity index (χ1v) is 16.7. The summed E-state index contributed by atoms with van der Waals surface area (Å²) in [5.41, 5.74) is 5.70. The SMILES string of the molecule is COC(=O)C1CN1C(=O)OC(C)(C)C.O=C(O)C(F)(F)F.[C-]#[N+]C[C@H](COc1ccccc1)n1nnnc1[C@@H](Cc1nc2ccccc2o1)NC(=O)C(C)(C)N. The highest BCUT2D eigenvalue weighted by molar-refractivity contribution is 5.87. The number of rotatable bonds is 11. The molecule has 18 nitrogen and oxygen atoms in total. The number of halogens is 3. The van der Waals surface area contributed by atoms with E-state index in [9.17, 15) is 27.6 Å². The standard InChI is InChI=1S/C24H26N8O3.C9H15NO4.C2HF3O2/c1-24(2,25)23(33)28-19(13-21-27-18-11-7-8-12-20(18)35-21)22-29-30-31-32(22)16(14-26-3)15-34-17-9-5-4-6-10-17;1-9(2,3)14-8(12)10-5-6(10)7(11)13-4;3-2(4,5)1(6)7/h4-12,16,19H,13-15,25H2,1-2H3,(H,28,33);6H,5H2,1-4H3;(H,6,7)/t16-,19-;;/m1../s1. The molecule has 3 atom stereocenters. The number of carbonyl (C=O) groups is 4. The van der Waals surface area contributed by atoms with E-state index in [2.05, 4.69) is 35.4 Å². The predicted molar refractivity (Wildman–Crippen MR) is 190 cm³/mol. The molecule has 1 saturated heterocycles. The van der Waals surface area contributed by atoms with Crippen molar-refractivity contribution in [2.45, 2.75) is 76.5 Å². The van der Waals surface area contributed by atoms with Gasteiger partial charge in [0.2, 0.25) is 12.5 Å². The minimum Gasteiger partial charge on any atom is -0.491 e. The predicted octanol–water partition coefficient (Wildman–Crippen LogP) is 3.90. The van der Waals surface area contributed by atoms with Crippen LogP contribution in [0.25, 0.3) is 15.9 Å². The number of aliphatic carboxylic acids is 1. The first-order chi connectivity index (χ1) is 26.1. The molecule has 2 aromatic heterocycles. The third-order valence-electron chi connectivity index (χ3n) is 7.23. The number of hydrogen-bond donors (Lipinski definition) is 3. The molecule has 4 aromatic rings. The van der Waals surface area contributed by atoms with Gasteiger partial charge < -0.3 is 39.6 Å². The molecule has 1 aliphatic heterocycles. The summed E-state index contributed by atoms with van der Waals surface area (Å²) in [6.07, 6.45) is -5.37. The van der Waals surface area contributed by atoms with Gasteiger partial charge in [0, 0.05) is 0 Å². The summed E-state index contributed by atoms with van der Waals surface area (Å²) in [5.74, 6) is -2.13. The molecular weight excluding hydrogens is 747 g/mol. The number of carboxylic acids is 1. The Kier molecular flexibility index (Phi) is 14.8. The lowest BCUT2D eigenvalue weighted by Crippen LogP contribution is -2.50. The summed E-state index contributed by atoms with van der Waals surface area (Å²) < 4.78 is 54.6. The smallest absolute Gasteiger partial charge is 0.490 e. The number of nitrogens with two attached hydrogens (primary N) is 1. The highest BCUT2D eigenvalue weighted by Crippen LogP contribution is 2.24. The molecule has 4 N–H and O–H groups in total. The molecule has 1 aliphatic rings. The van der Waals surface area contributed by atoms with E-state index >= 15 is 0 Å². The lowest BCUT2D eigenvalue weighted by atomic mass is 10.0. The maximum atomic E-state index is 12.8.